The minimum atomic E-state index is -0.754. The van der Waals surface area contributed by atoms with Crippen LogP contribution in [0.2, 0.25) is 0 Å². The zero-order chi connectivity index (χ0) is 21.4. The molecule has 0 atom stereocenters. The van der Waals surface area contributed by atoms with Crippen molar-refractivity contribution in [3.8, 4) is 17.2 Å². The van der Waals surface area contributed by atoms with Crippen LogP contribution in [0.25, 0.3) is 33.2 Å². The van der Waals surface area contributed by atoms with Gasteiger partial charge in [0.25, 0.3) is 5.91 Å². The van der Waals surface area contributed by atoms with Crippen molar-refractivity contribution in [3.63, 3.8) is 0 Å². The Morgan fingerprint density at radius 3 is 2.55 bits per heavy atom. The van der Waals surface area contributed by atoms with Crippen LogP contribution in [0.5, 0.6) is 5.75 Å². The van der Waals surface area contributed by atoms with Crippen molar-refractivity contribution >= 4 is 33.7 Å². The minimum absolute atomic E-state index is 0.131. The lowest BCUT2D eigenvalue weighted by molar-refractivity contribution is 0.102. The number of benzene rings is 3. The molecule has 1 N–H and O–H groups in total. The molecule has 1 amide bonds. The summed E-state index contributed by atoms with van der Waals surface area (Å²) in [7, 11) is 1.57. The Labute approximate surface area is 175 Å². The number of ether oxygens (including phenoxy) is 1. The SMILES string of the molecule is COc1ccc(-c2nnc(NC(=O)c3cc4c(ccc5ccccc54)oc3=O)o2)cc1. The lowest BCUT2D eigenvalue weighted by Crippen LogP contribution is -2.20. The van der Waals surface area contributed by atoms with Gasteiger partial charge in [-0.3, -0.25) is 10.1 Å². The number of nitrogens with zero attached hydrogens (tertiary/aromatic N) is 2. The molecular formula is C23H15N3O5. The van der Waals surface area contributed by atoms with Crippen LogP contribution in [0.4, 0.5) is 6.01 Å². The normalized spacial score (nSPS) is 11.0. The molecule has 0 unspecified atom stereocenters. The third-order valence-electron chi connectivity index (χ3n) is 4.87. The van der Waals surface area contributed by atoms with Gasteiger partial charge in [0.1, 0.15) is 16.9 Å². The summed E-state index contributed by atoms with van der Waals surface area (Å²) >= 11 is 0. The van der Waals surface area contributed by atoms with Gasteiger partial charge in [0.2, 0.25) is 5.89 Å². The number of hydrogen-bond donors (Lipinski definition) is 1. The van der Waals surface area contributed by atoms with Gasteiger partial charge in [-0.25, -0.2) is 4.79 Å². The molecule has 0 fully saturated rings. The Kier molecular flexibility index (Phi) is 4.44. The smallest absolute Gasteiger partial charge is 0.349 e. The number of carbonyl (C=O) groups is 1. The van der Waals surface area contributed by atoms with E-state index in [-0.39, 0.29) is 17.5 Å². The van der Waals surface area contributed by atoms with Gasteiger partial charge in [-0.15, -0.1) is 5.10 Å². The Bertz CT molecular complexity index is 1490. The predicted molar refractivity (Wildman–Crippen MR) is 114 cm³/mol. The van der Waals surface area contributed by atoms with E-state index < -0.39 is 11.5 Å². The maximum atomic E-state index is 12.7. The number of amides is 1. The van der Waals surface area contributed by atoms with Gasteiger partial charge in [-0.05, 0) is 47.2 Å². The minimum Gasteiger partial charge on any atom is -0.497 e. The Morgan fingerprint density at radius 2 is 1.74 bits per heavy atom. The van der Waals surface area contributed by atoms with Crippen LogP contribution in [0.1, 0.15) is 10.4 Å². The predicted octanol–water partition coefficient (Wildman–Crippen LogP) is 4.26. The second kappa shape index (κ2) is 7.42. The number of anilines is 1. The van der Waals surface area contributed by atoms with Gasteiger partial charge in [0.15, 0.2) is 0 Å². The van der Waals surface area contributed by atoms with Crippen molar-refractivity contribution in [1.82, 2.24) is 10.2 Å². The molecule has 0 aliphatic carbocycles. The summed E-state index contributed by atoms with van der Waals surface area (Å²) in [5, 5.41) is 12.7. The van der Waals surface area contributed by atoms with E-state index in [1.54, 1.807) is 37.4 Å². The van der Waals surface area contributed by atoms with Crippen LogP contribution in [0.15, 0.2) is 80.4 Å². The fourth-order valence-corrected chi connectivity index (χ4v) is 3.32. The second-order valence-corrected chi connectivity index (χ2v) is 6.74. The van der Waals surface area contributed by atoms with Crippen molar-refractivity contribution in [3.05, 3.63) is 82.7 Å². The molecule has 0 spiro atoms. The summed E-state index contributed by atoms with van der Waals surface area (Å²) in [5.41, 5.74) is 0.147. The summed E-state index contributed by atoms with van der Waals surface area (Å²) in [5.74, 6) is 0.204. The monoisotopic (exact) mass is 413 g/mol. The molecule has 0 saturated heterocycles. The van der Waals surface area contributed by atoms with Crippen LogP contribution in [-0.2, 0) is 0 Å². The van der Waals surface area contributed by atoms with E-state index in [2.05, 4.69) is 15.5 Å². The van der Waals surface area contributed by atoms with E-state index in [9.17, 15) is 9.59 Å². The van der Waals surface area contributed by atoms with Crippen LogP contribution in [0, 0.1) is 0 Å². The lowest BCUT2D eigenvalue weighted by atomic mass is 10.0. The van der Waals surface area contributed by atoms with Gasteiger partial charge in [0, 0.05) is 10.9 Å². The first-order valence-electron chi connectivity index (χ1n) is 9.37. The van der Waals surface area contributed by atoms with Crippen LogP contribution >= 0.6 is 0 Å². The number of carbonyl (C=O) groups excluding carboxylic acids is 1. The average Bonchev–Trinajstić information content (AvgIpc) is 3.27. The Morgan fingerprint density at radius 1 is 0.935 bits per heavy atom. The summed E-state index contributed by atoms with van der Waals surface area (Å²) in [6.07, 6.45) is 0. The summed E-state index contributed by atoms with van der Waals surface area (Å²) in [6, 6.07) is 19.6. The molecule has 0 saturated carbocycles. The molecular weight excluding hydrogens is 398 g/mol. The van der Waals surface area contributed by atoms with Crippen LogP contribution in [0.3, 0.4) is 0 Å². The highest BCUT2D eigenvalue weighted by Gasteiger charge is 2.18. The molecule has 8 heteroatoms. The van der Waals surface area contributed by atoms with Crippen LogP contribution in [-0.4, -0.2) is 23.2 Å². The maximum absolute atomic E-state index is 12.7. The third-order valence-corrected chi connectivity index (χ3v) is 4.87. The molecule has 5 rings (SSSR count). The lowest BCUT2D eigenvalue weighted by Gasteiger charge is -2.05. The highest BCUT2D eigenvalue weighted by molar-refractivity contribution is 6.10. The maximum Gasteiger partial charge on any atom is 0.349 e. The number of rotatable bonds is 4. The molecule has 0 radical (unpaired) electrons. The van der Waals surface area contributed by atoms with Crippen molar-refractivity contribution in [2.75, 3.05) is 12.4 Å². The van der Waals surface area contributed by atoms with Gasteiger partial charge in [-0.1, -0.05) is 35.4 Å². The first-order valence-corrected chi connectivity index (χ1v) is 9.37. The van der Waals surface area contributed by atoms with Crippen molar-refractivity contribution < 1.29 is 18.4 Å². The van der Waals surface area contributed by atoms with E-state index in [1.165, 1.54) is 6.07 Å². The van der Waals surface area contributed by atoms with Gasteiger partial charge in [-0.2, -0.15) is 0 Å². The average molecular weight is 413 g/mol. The van der Waals surface area contributed by atoms with E-state index in [1.807, 2.05) is 30.3 Å². The molecule has 5 aromatic rings. The number of aromatic nitrogens is 2. The Hall–Kier alpha value is -4.46. The quantitative estimate of drug-likeness (QED) is 0.346. The number of nitrogens with one attached hydrogen (secondary N) is 1. The topological polar surface area (TPSA) is 107 Å². The fourth-order valence-electron chi connectivity index (χ4n) is 3.32. The first kappa shape index (κ1) is 18.6. The van der Waals surface area contributed by atoms with E-state index in [0.717, 1.165) is 10.8 Å². The molecule has 8 nitrogen and oxygen atoms in total. The standard InChI is InChI=1S/C23H15N3O5/c1-29-15-9-6-14(7-10-15)21-25-26-23(31-21)24-20(27)18-12-17-16-5-3-2-4-13(16)8-11-19(17)30-22(18)28/h2-12H,1H3,(H,24,26,27). The fraction of sp³-hybridized carbons (Fsp3) is 0.0435. The number of methoxy groups -OCH3 is 1. The highest BCUT2D eigenvalue weighted by Crippen LogP contribution is 2.26. The van der Waals surface area contributed by atoms with Gasteiger partial charge < -0.3 is 13.6 Å². The van der Waals surface area contributed by atoms with Crippen LogP contribution < -0.4 is 15.7 Å². The van der Waals surface area contributed by atoms with Crippen molar-refractivity contribution in [2.45, 2.75) is 0 Å². The highest BCUT2D eigenvalue weighted by atomic mass is 16.5. The Balaban J connectivity index is 1.46. The molecule has 0 aliphatic rings. The number of fused-ring (bicyclic) bond motifs is 3. The molecule has 2 aromatic heterocycles. The molecule has 152 valence electrons. The molecule has 2 heterocycles. The number of hydrogen-bond acceptors (Lipinski definition) is 7. The summed E-state index contributed by atoms with van der Waals surface area (Å²) < 4.78 is 16.0. The zero-order valence-corrected chi connectivity index (χ0v) is 16.3. The van der Waals surface area contributed by atoms with Gasteiger partial charge in [0.05, 0.1) is 7.11 Å². The van der Waals surface area contributed by atoms with E-state index in [4.69, 9.17) is 13.6 Å². The van der Waals surface area contributed by atoms with E-state index in [0.29, 0.717) is 22.3 Å². The first-order chi connectivity index (χ1) is 15.1. The van der Waals surface area contributed by atoms with Crippen molar-refractivity contribution in [1.29, 1.82) is 0 Å². The third kappa shape index (κ3) is 3.40. The molecule has 3 aromatic carbocycles. The summed E-state index contributed by atoms with van der Waals surface area (Å²) in [6.45, 7) is 0. The largest absolute Gasteiger partial charge is 0.497 e. The van der Waals surface area contributed by atoms with Crippen molar-refractivity contribution in [2.24, 2.45) is 0 Å². The summed E-state index contributed by atoms with van der Waals surface area (Å²) in [4.78, 5) is 25.1. The molecule has 31 heavy (non-hydrogen) atoms. The second-order valence-electron chi connectivity index (χ2n) is 6.74. The molecule has 0 aliphatic heterocycles. The zero-order valence-electron chi connectivity index (χ0n) is 16.3. The molecule has 0 bridgehead atoms. The van der Waals surface area contributed by atoms with Gasteiger partial charge >= 0.3 is 11.6 Å². The van der Waals surface area contributed by atoms with E-state index >= 15 is 0 Å².